The average Bonchev–Trinajstić information content (AvgIpc) is 2.60. The lowest BCUT2D eigenvalue weighted by atomic mass is 9.65. The highest BCUT2D eigenvalue weighted by atomic mass is 16.3. The molecule has 1 saturated carbocycles. The summed E-state index contributed by atoms with van der Waals surface area (Å²) >= 11 is 0. The molecule has 0 amide bonds. The van der Waals surface area contributed by atoms with Gasteiger partial charge in [0.2, 0.25) is 0 Å². The summed E-state index contributed by atoms with van der Waals surface area (Å²) < 4.78 is 0. The van der Waals surface area contributed by atoms with E-state index in [0.29, 0.717) is 5.92 Å². The molecular formula is C9H16N2O. The van der Waals surface area contributed by atoms with E-state index in [1.165, 1.54) is 0 Å². The van der Waals surface area contributed by atoms with Crippen LogP contribution in [0, 0.1) is 11.3 Å². The molecule has 3 nitrogen and oxygen atoms in total. The molecule has 0 aromatic rings. The van der Waals surface area contributed by atoms with Gasteiger partial charge in [-0.15, -0.1) is 0 Å². The number of hydrogen-bond acceptors (Lipinski definition) is 3. The lowest BCUT2D eigenvalue weighted by Gasteiger charge is -2.41. The maximum atomic E-state index is 9.59. The van der Waals surface area contributed by atoms with Crippen LogP contribution in [0.2, 0.25) is 0 Å². The molecule has 0 bridgehead atoms. The van der Waals surface area contributed by atoms with Crippen LogP contribution in [0.25, 0.3) is 0 Å². The Morgan fingerprint density at radius 3 is 2.33 bits per heavy atom. The van der Waals surface area contributed by atoms with E-state index >= 15 is 0 Å². The molecule has 2 atom stereocenters. The largest absolute Gasteiger partial charge is 0.393 e. The minimum absolute atomic E-state index is 0.0457. The SMILES string of the molecule is CC1CC(O)CC(C)(C)C12N=N2. The van der Waals surface area contributed by atoms with Crippen molar-refractivity contribution in [2.45, 2.75) is 45.4 Å². The Hall–Kier alpha value is -0.440. The number of nitrogens with zero attached hydrogens (tertiary/aromatic N) is 2. The van der Waals surface area contributed by atoms with Gasteiger partial charge >= 0.3 is 0 Å². The van der Waals surface area contributed by atoms with Crippen LogP contribution >= 0.6 is 0 Å². The van der Waals surface area contributed by atoms with Crippen LogP contribution in [0.4, 0.5) is 0 Å². The summed E-state index contributed by atoms with van der Waals surface area (Å²) in [6, 6.07) is 0. The molecule has 1 heterocycles. The molecule has 2 unspecified atom stereocenters. The summed E-state index contributed by atoms with van der Waals surface area (Å²) in [7, 11) is 0. The van der Waals surface area contributed by atoms with Crippen molar-refractivity contribution in [2.75, 3.05) is 0 Å². The molecule has 12 heavy (non-hydrogen) atoms. The second-order valence-electron chi connectivity index (χ2n) is 4.80. The van der Waals surface area contributed by atoms with Crippen LogP contribution in [0.1, 0.15) is 33.6 Å². The zero-order chi connectivity index (χ0) is 8.98. The van der Waals surface area contributed by atoms with Crippen molar-refractivity contribution in [3.63, 3.8) is 0 Å². The van der Waals surface area contributed by atoms with Gasteiger partial charge in [-0.1, -0.05) is 20.8 Å². The van der Waals surface area contributed by atoms with Crippen LogP contribution < -0.4 is 0 Å². The zero-order valence-electron chi connectivity index (χ0n) is 7.91. The molecule has 2 aliphatic rings. The topological polar surface area (TPSA) is 45.0 Å². The van der Waals surface area contributed by atoms with Gasteiger partial charge in [-0.2, -0.15) is 10.2 Å². The van der Waals surface area contributed by atoms with Gasteiger partial charge in [0.1, 0.15) is 0 Å². The second kappa shape index (κ2) is 2.08. The van der Waals surface area contributed by atoms with E-state index in [4.69, 9.17) is 0 Å². The lowest BCUT2D eigenvalue weighted by Crippen LogP contribution is -2.46. The summed E-state index contributed by atoms with van der Waals surface area (Å²) in [5.74, 6) is 0.399. The van der Waals surface area contributed by atoms with E-state index < -0.39 is 0 Å². The lowest BCUT2D eigenvalue weighted by molar-refractivity contribution is 0.00297. The van der Waals surface area contributed by atoms with Gasteiger partial charge in [0.15, 0.2) is 5.66 Å². The average molecular weight is 168 g/mol. The van der Waals surface area contributed by atoms with Gasteiger partial charge in [-0.05, 0) is 12.8 Å². The Bertz CT molecular complexity index is 229. The third-order valence-corrected chi connectivity index (χ3v) is 3.37. The molecular weight excluding hydrogens is 152 g/mol. The molecule has 0 saturated heterocycles. The Morgan fingerprint density at radius 1 is 1.33 bits per heavy atom. The van der Waals surface area contributed by atoms with Crippen molar-refractivity contribution >= 4 is 0 Å². The maximum absolute atomic E-state index is 9.59. The number of hydrogen-bond donors (Lipinski definition) is 1. The van der Waals surface area contributed by atoms with Crippen LogP contribution in [-0.4, -0.2) is 16.9 Å². The van der Waals surface area contributed by atoms with Crippen LogP contribution in [0.5, 0.6) is 0 Å². The smallest absolute Gasteiger partial charge is 0.198 e. The fraction of sp³-hybridized carbons (Fsp3) is 1.00. The highest BCUT2D eigenvalue weighted by Crippen LogP contribution is 2.56. The Balaban J connectivity index is 2.22. The predicted molar refractivity (Wildman–Crippen MR) is 45.8 cm³/mol. The highest BCUT2D eigenvalue weighted by Gasteiger charge is 2.60. The summed E-state index contributed by atoms with van der Waals surface area (Å²) in [6.45, 7) is 6.42. The number of aliphatic hydroxyl groups excluding tert-OH is 1. The zero-order valence-corrected chi connectivity index (χ0v) is 7.91. The van der Waals surface area contributed by atoms with Gasteiger partial charge in [0, 0.05) is 11.3 Å². The van der Waals surface area contributed by atoms with Crippen molar-refractivity contribution < 1.29 is 5.11 Å². The molecule has 2 rings (SSSR count). The van der Waals surface area contributed by atoms with Gasteiger partial charge in [0.25, 0.3) is 0 Å². The first kappa shape index (κ1) is 8.17. The summed E-state index contributed by atoms with van der Waals surface area (Å²) in [4.78, 5) is 0. The van der Waals surface area contributed by atoms with Crippen molar-refractivity contribution in [2.24, 2.45) is 21.6 Å². The maximum Gasteiger partial charge on any atom is 0.198 e. The highest BCUT2D eigenvalue weighted by molar-refractivity contribution is 5.11. The first-order chi connectivity index (χ1) is 5.48. The molecule has 1 N–H and O–H groups in total. The predicted octanol–water partition coefficient (Wildman–Crippen LogP) is 1.97. The van der Waals surface area contributed by atoms with E-state index in [-0.39, 0.29) is 17.2 Å². The fourth-order valence-electron chi connectivity index (χ4n) is 2.58. The molecule has 0 aromatic heterocycles. The Labute approximate surface area is 72.9 Å². The number of rotatable bonds is 0. The van der Waals surface area contributed by atoms with Gasteiger partial charge in [0.05, 0.1) is 6.10 Å². The Kier molecular flexibility index (Phi) is 1.41. The second-order valence-corrected chi connectivity index (χ2v) is 4.80. The molecule has 3 heteroatoms. The number of aliphatic hydroxyl groups is 1. The van der Waals surface area contributed by atoms with E-state index in [1.54, 1.807) is 0 Å². The van der Waals surface area contributed by atoms with Crippen molar-refractivity contribution in [3.8, 4) is 0 Å². The van der Waals surface area contributed by atoms with Crippen molar-refractivity contribution in [1.82, 2.24) is 0 Å². The first-order valence-electron chi connectivity index (χ1n) is 4.60. The third-order valence-electron chi connectivity index (χ3n) is 3.37. The fourth-order valence-corrected chi connectivity index (χ4v) is 2.58. The Morgan fingerprint density at radius 2 is 1.92 bits per heavy atom. The molecule has 1 fully saturated rings. The van der Waals surface area contributed by atoms with E-state index in [2.05, 4.69) is 31.0 Å². The molecule has 0 aromatic carbocycles. The monoisotopic (exact) mass is 168 g/mol. The minimum Gasteiger partial charge on any atom is -0.393 e. The van der Waals surface area contributed by atoms with Crippen LogP contribution in [0.3, 0.4) is 0 Å². The van der Waals surface area contributed by atoms with Crippen LogP contribution in [-0.2, 0) is 0 Å². The minimum atomic E-state index is -0.161. The first-order valence-corrected chi connectivity index (χ1v) is 4.60. The normalized spacial score (nSPS) is 41.7. The summed E-state index contributed by atoms with van der Waals surface area (Å²) in [5.41, 5.74) is -0.101. The van der Waals surface area contributed by atoms with Gasteiger partial charge in [-0.25, -0.2) is 0 Å². The molecule has 1 spiro atoms. The summed E-state index contributed by atoms with van der Waals surface area (Å²) in [5, 5.41) is 17.9. The van der Waals surface area contributed by atoms with Crippen molar-refractivity contribution in [1.29, 1.82) is 0 Å². The molecule has 68 valence electrons. The van der Waals surface area contributed by atoms with Gasteiger partial charge < -0.3 is 5.11 Å². The van der Waals surface area contributed by atoms with E-state index in [9.17, 15) is 5.11 Å². The quantitative estimate of drug-likeness (QED) is 0.590. The van der Waals surface area contributed by atoms with Crippen LogP contribution in [0.15, 0.2) is 10.2 Å². The van der Waals surface area contributed by atoms with E-state index in [0.717, 1.165) is 12.8 Å². The van der Waals surface area contributed by atoms with Gasteiger partial charge in [-0.3, -0.25) is 0 Å². The van der Waals surface area contributed by atoms with E-state index in [1.807, 2.05) is 0 Å². The van der Waals surface area contributed by atoms with Crippen molar-refractivity contribution in [3.05, 3.63) is 0 Å². The molecule has 0 radical (unpaired) electrons. The third kappa shape index (κ3) is 0.859. The molecule has 1 aliphatic heterocycles. The molecule has 1 aliphatic carbocycles. The standard InChI is InChI=1S/C9H16N2O/c1-6-4-7(12)5-8(2,3)9(6)10-11-9/h6-7,12H,4-5H2,1-3H3. The summed E-state index contributed by atoms with van der Waals surface area (Å²) in [6.07, 6.45) is 1.51.